The molecular weight excluding hydrogens is 464 g/mol. The minimum Gasteiger partial charge on any atom is -0.466 e. The third-order valence-electron chi connectivity index (χ3n) is 5.96. The maximum absolute atomic E-state index is 13.6. The highest BCUT2D eigenvalue weighted by atomic mass is 16.6. The summed E-state index contributed by atoms with van der Waals surface area (Å²) in [4.78, 5) is 53.5. The molecule has 10 nitrogen and oxygen atoms in total. The Kier molecular flexibility index (Phi) is 10.0. The Morgan fingerprint density at radius 1 is 1.19 bits per heavy atom. The van der Waals surface area contributed by atoms with Crippen LogP contribution in [0, 0.1) is 0 Å². The van der Waals surface area contributed by atoms with Crippen LogP contribution in [0.15, 0.2) is 18.2 Å². The van der Waals surface area contributed by atoms with Gasteiger partial charge in [0, 0.05) is 25.7 Å². The fourth-order valence-electron chi connectivity index (χ4n) is 4.00. The molecule has 1 aromatic carbocycles. The molecule has 0 fully saturated rings. The molecule has 0 saturated carbocycles. The molecule has 1 heterocycles. The quantitative estimate of drug-likeness (QED) is 0.464. The van der Waals surface area contributed by atoms with Crippen molar-refractivity contribution in [3.05, 3.63) is 29.3 Å². The number of fused-ring (bicyclic) bond motifs is 1. The number of amides is 2. The third kappa shape index (κ3) is 7.51. The first kappa shape index (κ1) is 29.3. The van der Waals surface area contributed by atoms with Crippen molar-refractivity contribution in [3.8, 4) is 0 Å². The van der Waals surface area contributed by atoms with E-state index >= 15 is 0 Å². The Balaban J connectivity index is 2.27. The first-order chi connectivity index (χ1) is 16.8. The molecule has 0 radical (unpaired) electrons. The SMILES string of the molecule is CCOC(=O)CC(C)N1CC(=O)N(C)c2ccc(C(CC)NCC(N)C(=O)OC(C)(C)C)cc2C1=O. The van der Waals surface area contributed by atoms with Gasteiger partial charge in [-0.15, -0.1) is 0 Å². The van der Waals surface area contributed by atoms with E-state index in [-0.39, 0.29) is 44.0 Å². The van der Waals surface area contributed by atoms with Crippen LogP contribution in [0.5, 0.6) is 0 Å². The van der Waals surface area contributed by atoms with Gasteiger partial charge in [0.1, 0.15) is 18.2 Å². The summed E-state index contributed by atoms with van der Waals surface area (Å²) in [6.07, 6.45) is 0.666. The lowest BCUT2D eigenvalue weighted by atomic mass is 9.99. The summed E-state index contributed by atoms with van der Waals surface area (Å²) in [5.41, 5.74) is 7.09. The number of carbonyl (C=O) groups excluding carboxylic acids is 4. The average Bonchev–Trinajstić information content (AvgIpc) is 2.88. The van der Waals surface area contributed by atoms with Gasteiger partial charge in [-0.05, 0) is 58.7 Å². The second-order valence-electron chi connectivity index (χ2n) is 10.0. The van der Waals surface area contributed by atoms with Gasteiger partial charge in [0.05, 0.1) is 24.3 Å². The van der Waals surface area contributed by atoms with Gasteiger partial charge in [0.2, 0.25) is 5.91 Å². The molecule has 0 aromatic heterocycles. The number of nitrogens with two attached hydrogens (primary N) is 1. The lowest BCUT2D eigenvalue weighted by molar-refractivity contribution is -0.156. The number of hydrogen-bond donors (Lipinski definition) is 2. The van der Waals surface area contributed by atoms with Crippen LogP contribution < -0.4 is 16.0 Å². The summed E-state index contributed by atoms with van der Waals surface area (Å²) >= 11 is 0. The van der Waals surface area contributed by atoms with Gasteiger partial charge in [0.25, 0.3) is 5.91 Å². The zero-order chi connectivity index (χ0) is 27.2. The number of likely N-dealkylation sites (N-methyl/N-ethyl adjacent to an activating group) is 1. The summed E-state index contributed by atoms with van der Waals surface area (Å²) in [5.74, 6) is -1.50. The van der Waals surface area contributed by atoms with Crippen molar-refractivity contribution in [3.63, 3.8) is 0 Å². The highest BCUT2D eigenvalue weighted by Crippen LogP contribution is 2.30. The van der Waals surface area contributed by atoms with Gasteiger partial charge in [-0.25, -0.2) is 0 Å². The van der Waals surface area contributed by atoms with Gasteiger partial charge in [0.15, 0.2) is 0 Å². The van der Waals surface area contributed by atoms with Crippen LogP contribution in [-0.2, 0) is 23.9 Å². The third-order valence-corrected chi connectivity index (χ3v) is 5.96. The van der Waals surface area contributed by atoms with Gasteiger partial charge >= 0.3 is 11.9 Å². The Bertz CT molecular complexity index is 974. The zero-order valence-electron chi connectivity index (χ0n) is 22.4. The van der Waals surface area contributed by atoms with Crippen molar-refractivity contribution >= 4 is 29.4 Å². The van der Waals surface area contributed by atoms with Gasteiger partial charge < -0.3 is 30.3 Å². The highest BCUT2D eigenvalue weighted by Gasteiger charge is 2.34. The Labute approximate surface area is 213 Å². The van der Waals surface area contributed by atoms with E-state index < -0.39 is 29.6 Å². The summed E-state index contributed by atoms with van der Waals surface area (Å²) in [5, 5.41) is 3.29. The topological polar surface area (TPSA) is 131 Å². The monoisotopic (exact) mass is 504 g/mol. The summed E-state index contributed by atoms with van der Waals surface area (Å²) in [6, 6.07) is 3.81. The van der Waals surface area contributed by atoms with E-state index in [0.717, 1.165) is 5.56 Å². The van der Waals surface area contributed by atoms with Gasteiger partial charge in [-0.1, -0.05) is 13.0 Å². The Morgan fingerprint density at radius 3 is 2.44 bits per heavy atom. The Morgan fingerprint density at radius 2 is 1.86 bits per heavy atom. The molecule has 36 heavy (non-hydrogen) atoms. The molecule has 1 aliphatic heterocycles. The first-order valence-corrected chi connectivity index (χ1v) is 12.4. The minimum atomic E-state index is -0.844. The van der Waals surface area contributed by atoms with Crippen LogP contribution in [-0.4, -0.2) is 73.1 Å². The number of esters is 2. The predicted molar refractivity (Wildman–Crippen MR) is 136 cm³/mol. The van der Waals surface area contributed by atoms with Crippen LogP contribution in [0.2, 0.25) is 0 Å². The highest BCUT2D eigenvalue weighted by molar-refractivity contribution is 6.09. The van der Waals surface area contributed by atoms with Crippen LogP contribution in [0.25, 0.3) is 0 Å². The van der Waals surface area contributed by atoms with Gasteiger partial charge in [-0.3, -0.25) is 19.2 Å². The molecule has 3 atom stereocenters. The van der Waals surface area contributed by atoms with E-state index in [1.54, 1.807) is 53.8 Å². The first-order valence-electron chi connectivity index (χ1n) is 12.4. The number of rotatable bonds is 10. The largest absolute Gasteiger partial charge is 0.466 e. The predicted octanol–water partition coefficient (Wildman–Crippen LogP) is 2.16. The molecule has 0 spiro atoms. The van der Waals surface area contributed by atoms with Crippen molar-refractivity contribution in [1.82, 2.24) is 10.2 Å². The van der Waals surface area contributed by atoms with Crippen LogP contribution in [0.4, 0.5) is 5.69 Å². The van der Waals surface area contributed by atoms with E-state index in [1.165, 1.54) is 9.80 Å². The molecule has 200 valence electrons. The number of nitrogens with one attached hydrogen (secondary N) is 1. The van der Waals surface area contributed by atoms with Gasteiger partial charge in [-0.2, -0.15) is 0 Å². The molecule has 2 rings (SSSR count). The Hall–Kier alpha value is -2.98. The van der Waals surface area contributed by atoms with Crippen LogP contribution in [0.1, 0.15) is 76.3 Å². The second kappa shape index (κ2) is 12.3. The van der Waals surface area contributed by atoms with Crippen molar-refractivity contribution < 1.29 is 28.7 Å². The standard InChI is InChI=1S/C26H40N4O6/c1-8-20(28-14-19(27)25(34)36-26(4,5)6)17-10-11-21-18(13-17)24(33)30(15-22(31)29(21)7)16(3)12-23(32)35-9-2/h10-11,13,16,19-20,28H,8-9,12,14-15,27H2,1-7H3. The molecule has 1 aromatic rings. The van der Waals surface area contributed by atoms with E-state index in [1.807, 2.05) is 13.0 Å². The van der Waals surface area contributed by atoms with Crippen molar-refractivity contribution in [1.29, 1.82) is 0 Å². The molecule has 10 heteroatoms. The van der Waals surface area contributed by atoms with E-state index in [9.17, 15) is 19.2 Å². The summed E-state index contributed by atoms with van der Waals surface area (Å²) in [6.45, 7) is 11.1. The lowest BCUT2D eigenvalue weighted by Crippen LogP contribution is -2.44. The average molecular weight is 505 g/mol. The number of benzene rings is 1. The molecule has 3 unspecified atom stereocenters. The molecule has 0 bridgehead atoms. The lowest BCUT2D eigenvalue weighted by Gasteiger charge is -2.27. The van der Waals surface area contributed by atoms with Crippen molar-refractivity contribution in [2.45, 2.75) is 78.1 Å². The van der Waals surface area contributed by atoms with E-state index in [0.29, 0.717) is 17.7 Å². The van der Waals surface area contributed by atoms with E-state index in [4.69, 9.17) is 15.2 Å². The van der Waals surface area contributed by atoms with Crippen molar-refractivity contribution in [2.24, 2.45) is 5.73 Å². The maximum Gasteiger partial charge on any atom is 0.324 e. The molecular formula is C26H40N4O6. The number of anilines is 1. The van der Waals surface area contributed by atoms with E-state index in [2.05, 4.69) is 5.32 Å². The fourth-order valence-corrected chi connectivity index (χ4v) is 4.00. The van der Waals surface area contributed by atoms with Crippen LogP contribution >= 0.6 is 0 Å². The fraction of sp³-hybridized carbons (Fsp3) is 0.615. The number of nitrogens with zero attached hydrogens (tertiary/aromatic N) is 2. The van der Waals surface area contributed by atoms with Crippen LogP contribution in [0.3, 0.4) is 0 Å². The number of hydrogen-bond acceptors (Lipinski definition) is 8. The molecule has 1 aliphatic rings. The maximum atomic E-state index is 13.6. The van der Waals surface area contributed by atoms with Crippen molar-refractivity contribution in [2.75, 3.05) is 31.6 Å². The summed E-state index contributed by atoms with van der Waals surface area (Å²) < 4.78 is 10.4. The zero-order valence-corrected chi connectivity index (χ0v) is 22.4. The molecule has 0 aliphatic carbocycles. The molecule has 2 amide bonds. The molecule has 3 N–H and O–H groups in total. The number of ether oxygens (including phenoxy) is 2. The minimum absolute atomic E-state index is 0.00665. The normalized spacial score (nSPS) is 16.7. The molecule has 0 saturated heterocycles. The smallest absolute Gasteiger partial charge is 0.324 e. The second-order valence-corrected chi connectivity index (χ2v) is 10.0. The number of carbonyl (C=O) groups is 4. The summed E-state index contributed by atoms with van der Waals surface area (Å²) in [7, 11) is 1.63.